The van der Waals surface area contributed by atoms with Crippen LogP contribution in [-0.4, -0.2) is 18.1 Å². The van der Waals surface area contributed by atoms with Gasteiger partial charge in [0, 0.05) is 13.2 Å². The first-order valence-electron chi connectivity index (χ1n) is 3.70. The Kier molecular flexibility index (Phi) is 3.94. The maximum atomic E-state index is 5.81. The topological polar surface area (TPSA) is 48.1 Å². The monoisotopic (exact) mass is 206 g/mol. The molecule has 0 amide bonds. The molecule has 0 spiro atoms. The van der Waals surface area contributed by atoms with E-state index in [9.17, 15) is 0 Å². The van der Waals surface area contributed by atoms with Gasteiger partial charge in [-0.15, -0.1) is 11.3 Å². The fourth-order valence-corrected chi connectivity index (χ4v) is 2.00. The Morgan fingerprint density at radius 1 is 1.83 bits per heavy atom. The molecule has 0 aromatic carbocycles. The summed E-state index contributed by atoms with van der Waals surface area (Å²) in [6, 6.07) is 0. The molecule has 0 aliphatic carbocycles. The van der Waals surface area contributed by atoms with Crippen molar-refractivity contribution in [2.75, 3.05) is 13.2 Å². The Morgan fingerprint density at radius 2 is 2.58 bits per heavy atom. The van der Waals surface area contributed by atoms with Crippen LogP contribution in [0.15, 0.2) is 5.51 Å². The molecule has 2 N–H and O–H groups in total. The number of aromatic nitrogens is 1. The van der Waals surface area contributed by atoms with Gasteiger partial charge in [-0.2, -0.15) is 0 Å². The summed E-state index contributed by atoms with van der Waals surface area (Å²) in [5.41, 5.74) is 7.21. The Hall–Kier alpha value is -0.160. The third kappa shape index (κ3) is 2.17. The molecule has 1 aromatic heterocycles. The van der Waals surface area contributed by atoms with Crippen molar-refractivity contribution < 1.29 is 4.74 Å². The molecule has 0 aliphatic heterocycles. The summed E-state index contributed by atoms with van der Waals surface area (Å²) in [5, 5.41) is 0.504. The third-order valence-electron chi connectivity index (χ3n) is 1.42. The summed E-state index contributed by atoms with van der Waals surface area (Å²) in [4.78, 5) is 4.83. The highest BCUT2D eigenvalue weighted by Crippen LogP contribution is 2.27. The zero-order valence-corrected chi connectivity index (χ0v) is 8.36. The van der Waals surface area contributed by atoms with Gasteiger partial charge in [-0.1, -0.05) is 11.6 Å². The quantitative estimate of drug-likeness (QED) is 0.818. The second kappa shape index (κ2) is 4.77. The summed E-state index contributed by atoms with van der Waals surface area (Å²) in [6.45, 7) is 3.00. The normalized spacial score (nSPS) is 13.2. The molecule has 0 fully saturated rings. The molecule has 5 heteroatoms. The minimum absolute atomic E-state index is 0.102. The van der Waals surface area contributed by atoms with E-state index in [1.165, 1.54) is 11.3 Å². The number of ether oxygens (including phenoxy) is 1. The van der Waals surface area contributed by atoms with Gasteiger partial charge in [0.1, 0.15) is 11.3 Å². The molecule has 0 saturated heterocycles. The van der Waals surface area contributed by atoms with Crippen molar-refractivity contribution in [1.29, 1.82) is 0 Å². The van der Waals surface area contributed by atoms with Crippen LogP contribution in [0, 0.1) is 0 Å². The van der Waals surface area contributed by atoms with Crippen LogP contribution < -0.4 is 5.73 Å². The summed E-state index contributed by atoms with van der Waals surface area (Å²) in [7, 11) is 0. The molecule has 1 unspecified atom stereocenters. The van der Waals surface area contributed by atoms with E-state index >= 15 is 0 Å². The minimum Gasteiger partial charge on any atom is -0.372 e. The molecular weight excluding hydrogens is 196 g/mol. The summed E-state index contributed by atoms with van der Waals surface area (Å²) >= 11 is 7.29. The summed E-state index contributed by atoms with van der Waals surface area (Å²) in [6.07, 6.45) is -0.102. The average molecular weight is 207 g/mol. The van der Waals surface area contributed by atoms with Crippen LogP contribution in [0.5, 0.6) is 0 Å². The molecule has 0 aliphatic rings. The van der Waals surface area contributed by atoms with Crippen molar-refractivity contribution >= 4 is 22.9 Å². The van der Waals surface area contributed by atoms with E-state index in [2.05, 4.69) is 4.98 Å². The second-order valence-corrected chi connectivity index (χ2v) is 3.43. The first-order valence-corrected chi connectivity index (χ1v) is 4.95. The van der Waals surface area contributed by atoms with Crippen molar-refractivity contribution in [3.05, 3.63) is 15.5 Å². The van der Waals surface area contributed by atoms with Crippen LogP contribution in [0.2, 0.25) is 5.15 Å². The molecule has 1 heterocycles. The van der Waals surface area contributed by atoms with E-state index in [4.69, 9.17) is 22.1 Å². The lowest BCUT2D eigenvalue weighted by Crippen LogP contribution is -2.14. The molecule has 68 valence electrons. The number of nitrogens with two attached hydrogens (primary N) is 1. The van der Waals surface area contributed by atoms with E-state index in [-0.39, 0.29) is 6.10 Å². The Bertz CT molecular complexity index is 241. The van der Waals surface area contributed by atoms with E-state index < -0.39 is 0 Å². The first kappa shape index (κ1) is 9.92. The predicted molar refractivity (Wildman–Crippen MR) is 50.5 cm³/mol. The molecule has 3 nitrogen and oxygen atoms in total. The maximum Gasteiger partial charge on any atom is 0.145 e. The summed E-state index contributed by atoms with van der Waals surface area (Å²) in [5.74, 6) is 0. The smallest absolute Gasteiger partial charge is 0.145 e. The standard InChI is InChI=1S/C7H11ClN2OS/c1-2-11-5(3-9)6-7(8)10-4-12-6/h4-5H,2-3,9H2,1H3. The molecular formula is C7H11ClN2OS. The Balaban J connectivity index is 2.72. The van der Waals surface area contributed by atoms with Gasteiger partial charge in [0.05, 0.1) is 10.4 Å². The van der Waals surface area contributed by atoms with Crippen molar-refractivity contribution in [2.24, 2.45) is 5.73 Å². The number of hydrogen-bond acceptors (Lipinski definition) is 4. The molecule has 1 aromatic rings. The van der Waals surface area contributed by atoms with Gasteiger partial charge in [0.15, 0.2) is 0 Å². The van der Waals surface area contributed by atoms with E-state index in [0.717, 1.165) is 4.88 Å². The van der Waals surface area contributed by atoms with Crippen molar-refractivity contribution in [2.45, 2.75) is 13.0 Å². The SMILES string of the molecule is CCOC(CN)c1scnc1Cl. The molecule has 0 saturated carbocycles. The van der Waals surface area contributed by atoms with E-state index in [0.29, 0.717) is 18.3 Å². The van der Waals surface area contributed by atoms with Crippen LogP contribution in [0.3, 0.4) is 0 Å². The molecule has 1 atom stereocenters. The largest absolute Gasteiger partial charge is 0.372 e. The lowest BCUT2D eigenvalue weighted by atomic mass is 10.3. The lowest BCUT2D eigenvalue weighted by molar-refractivity contribution is 0.0713. The Labute approximate surface area is 80.5 Å². The maximum absolute atomic E-state index is 5.81. The van der Waals surface area contributed by atoms with Gasteiger partial charge in [-0.3, -0.25) is 0 Å². The van der Waals surface area contributed by atoms with Gasteiger partial charge in [-0.25, -0.2) is 4.98 Å². The zero-order valence-electron chi connectivity index (χ0n) is 6.79. The predicted octanol–water partition coefficient (Wildman–Crippen LogP) is 1.83. The average Bonchev–Trinajstić information content (AvgIpc) is 2.47. The second-order valence-electron chi connectivity index (χ2n) is 2.19. The fraction of sp³-hybridized carbons (Fsp3) is 0.571. The minimum atomic E-state index is -0.102. The molecule has 0 bridgehead atoms. The lowest BCUT2D eigenvalue weighted by Gasteiger charge is -2.12. The van der Waals surface area contributed by atoms with Crippen molar-refractivity contribution in [3.8, 4) is 0 Å². The van der Waals surface area contributed by atoms with Gasteiger partial charge in [0.25, 0.3) is 0 Å². The van der Waals surface area contributed by atoms with Crippen molar-refractivity contribution in [3.63, 3.8) is 0 Å². The number of nitrogens with zero attached hydrogens (tertiary/aromatic N) is 1. The third-order valence-corrected chi connectivity index (χ3v) is 2.76. The van der Waals surface area contributed by atoms with Crippen LogP contribution in [0.25, 0.3) is 0 Å². The van der Waals surface area contributed by atoms with Crippen LogP contribution in [0.4, 0.5) is 0 Å². The first-order chi connectivity index (χ1) is 5.79. The number of thiazole rings is 1. The van der Waals surface area contributed by atoms with Gasteiger partial charge >= 0.3 is 0 Å². The highest BCUT2D eigenvalue weighted by Gasteiger charge is 2.15. The number of halogens is 1. The van der Waals surface area contributed by atoms with Crippen LogP contribution >= 0.6 is 22.9 Å². The zero-order chi connectivity index (χ0) is 8.97. The fourth-order valence-electron chi connectivity index (χ4n) is 0.902. The number of hydrogen-bond donors (Lipinski definition) is 1. The van der Waals surface area contributed by atoms with Crippen LogP contribution in [0.1, 0.15) is 17.9 Å². The van der Waals surface area contributed by atoms with Crippen LogP contribution in [-0.2, 0) is 4.74 Å². The van der Waals surface area contributed by atoms with Crippen molar-refractivity contribution in [1.82, 2.24) is 4.98 Å². The highest BCUT2D eigenvalue weighted by molar-refractivity contribution is 7.10. The molecule has 1 rings (SSSR count). The number of rotatable bonds is 4. The van der Waals surface area contributed by atoms with E-state index in [1.807, 2.05) is 6.92 Å². The Morgan fingerprint density at radius 3 is 3.00 bits per heavy atom. The van der Waals surface area contributed by atoms with E-state index in [1.54, 1.807) is 5.51 Å². The molecule has 0 radical (unpaired) electrons. The van der Waals surface area contributed by atoms with Gasteiger partial charge < -0.3 is 10.5 Å². The highest BCUT2D eigenvalue weighted by atomic mass is 35.5. The summed E-state index contributed by atoms with van der Waals surface area (Å²) < 4.78 is 5.38. The van der Waals surface area contributed by atoms with Gasteiger partial charge in [-0.05, 0) is 6.92 Å². The molecule has 12 heavy (non-hydrogen) atoms. The van der Waals surface area contributed by atoms with Gasteiger partial charge in [0.2, 0.25) is 0 Å².